The lowest BCUT2D eigenvalue weighted by Gasteiger charge is -2.33. The molecule has 1 aromatic heterocycles. The molecule has 1 aliphatic rings. The predicted molar refractivity (Wildman–Crippen MR) is 81.5 cm³/mol. The van der Waals surface area contributed by atoms with Crippen molar-refractivity contribution in [1.29, 1.82) is 0 Å². The highest BCUT2D eigenvalue weighted by molar-refractivity contribution is 7.91. The second-order valence-electron chi connectivity index (χ2n) is 5.64. The van der Waals surface area contributed by atoms with Gasteiger partial charge in [-0.25, -0.2) is 8.42 Å². The maximum atomic E-state index is 11.8. The normalized spacial score (nSPS) is 25.5. The number of nitrogens with zero attached hydrogens (tertiary/aromatic N) is 2. The monoisotopic (exact) mass is 317 g/mol. The molecule has 1 aliphatic carbocycles. The van der Waals surface area contributed by atoms with E-state index in [0.717, 1.165) is 44.3 Å². The predicted octanol–water partition coefficient (Wildman–Crippen LogP) is 2.18. The Labute approximate surface area is 125 Å². The smallest absolute Gasteiger partial charge is 0.150 e. The summed E-state index contributed by atoms with van der Waals surface area (Å²) >= 11 is 1.35. The summed E-state index contributed by atoms with van der Waals surface area (Å²) in [6, 6.07) is 0.137. The van der Waals surface area contributed by atoms with Crippen LogP contribution in [0.3, 0.4) is 0 Å². The third kappa shape index (κ3) is 3.99. The van der Waals surface area contributed by atoms with Gasteiger partial charge in [0.25, 0.3) is 0 Å². The fraction of sp³-hybridized carbons (Fsp3) is 0.846. The van der Waals surface area contributed by atoms with Crippen LogP contribution in [-0.4, -0.2) is 36.1 Å². The van der Waals surface area contributed by atoms with Crippen molar-refractivity contribution < 1.29 is 8.42 Å². The van der Waals surface area contributed by atoms with Crippen molar-refractivity contribution in [3.8, 4) is 0 Å². The number of hydrogen-bond acceptors (Lipinski definition) is 6. The van der Waals surface area contributed by atoms with E-state index < -0.39 is 9.84 Å². The molecule has 1 fully saturated rings. The highest BCUT2D eigenvalue weighted by atomic mass is 32.2. The Morgan fingerprint density at radius 3 is 2.90 bits per heavy atom. The number of sulfone groups is 1. The van der Waals surface area contributed by atoms with Crippen molar-refractivity contribution in [3.63, 3.8) is 0 Å². The largest absolute Gasteiger partial charge is 0.308 e. The van der Waals surface area contributed by atoms with Gasteiger partial charge in [0, 0.05) is 11.6 Å². The SMILES string of the molecule is CCCNC(c1csnn1)C1CCCC(S(C)(=O)=O)C1. The first-order valence-corrected chi connectivity index (χ1v) is 10.0. The third-order valence-corrected chi connectivity index (χ3v) is 6.22. The summed E-state index contributed by atoms with van der Waals surface area (Å²) in [4.78, 5) is 0. The van der Waals surface area contributed by atoms with Gasteiger partial charge in [-0.15, -0.1) is 5.10 Å². The van der Waals surface area contributed by atoms with E-state index in [1.165, 1.54) is 17.8 Å². The fourth-order valence-corrected chi connectivity index (χ4v) is 4.67. The minimum Gasteiger partial charge on any atom is -0.308 e. The van der Waals surface area contributed by atoms with Crippen molar-refractivity contribution in [1.82, 2.24) is 14.9 Å². The first-order valence-electron chi connectivity index (χ1n) is 7.21. The van der Waals surface area contributed by atoms with Crippen molar-refractivity contribution in [3.05, 3.63) is 11.1 Å². The van der Waals surface area contributed by atoms with Gasteiger partial charge >= 0.3 is 0 Å². The molecule has 0 amide bonds. The summed E-state index contributed by atoms with van der Waals surface area (Å²) in [6.07, 6.45) is 5.98. The van der Waals surface area contributed by atoms with Crippen LogP contribution in [0.5, 0.6) is 0 Å². The Hall–Kier alpha value is -0.530. The summed E-state index contributed by atoms with van der Waals surface area (Å²) < 4.78 is 27.6. The van der Waals surface area contributed by atoms with Crippen molar-refractivity contribution in [2.45, 2.75) is 50.3 Å². The molecule has 114 valence electrons. The van der Waals surface area contributed by atoms with E-state index in [9.17, 15) is 8.42 Å². The number of aromatic nitrogens is 2. The van der Waals surface area contributed by atoms with Crippen LogP contribution in [0, 0.1) is 5.92 Å². The van der Waals surface area contributed by atoms with Crippen LogP contribution in [0.15, 0.2) is 5.38 Å². The van der Waals surface area contributed by atoms with Gasteiger partial charge in [-0.2, -0.15) is 0 Å². The third-order valence-electron chi connectivity index (χ3n) is 4.05. The summed E-state index contributed by atoms with van der Waals surface area (Å²) in [7, 11) is -2.94. The summed E-state index contributed by atoms with van der Waals surface area (Å²) in [5, 5.41) is 9.49. The van der Waals surface area contributed by atoms with E-state index >= 15 is 0 Å². The topological polar surface area (TPSA) is 72.0 Å². The van der Waals surface area contributed by atoms with Crippen LogP contribution in [0.2, 0.25) is 0 Å². The molecule has 0 radical (unpaired) electrons. The highest BCUT2D eigenvalue weighted by Crippen LogP contribution is 2.36. The lowest BCUT2D eigenvalue weighted by atomic mass is 9.82. The Morgan fingerprint density at radius 1 is 1.50 bits per heavy atom. The van der Waals surface area contributed by atoms with Gasteiger partial charge in [0.2, 0.25) is 0 Å². The molecule has 5 nitrogen and oxygen atoms in total. The van der Waals surface area contributed by atoms with Gasteiger partial charge in [0.15, 0.2) is 0 Å². The van der Waals surface area contributed by atoms with E-state index in [0.29, 0.717) is 5.92 Å². The standard InChI is InChI=1S/C13H23N3O2S2/c1-3-7-14-13(12-9-19-16-15-12)10-5-4-6-11(8-10)20(2,17)18/h9-11,13-14H,3-8H2,1-2H3. The fourth-order valence-electron chi connectivity index (χ4n) is 2.99. The van der Waals surface area contributed by atoms with E-state index in [2.05, 4.69) is 21.8 Å². The van der Waals surface area contributed by atoms with Crippen LogP contribution < -0.4 is 5.32 Å². The average Bonchev–Trinajstić information content (AvgIpc) is 2.92. The number of nitrogens with one attached hydrogen (secondary N) is 1. The average molecular weight is 317 g/mol. The van der Waals surface area contributed by atoms with Gasteiger partial charge in [-0.3, -0.25) is 0 Å². The lowest BCUT2D eigenvalue weighted by molar-refractivity contribution is 0.269. The zero-order valence-corrected chi connectivity index (χ0v) is 13.7. The van der Waals surface area contributed by atoms with Crippen LogP contribution >= 0.6 is 11.5 Å². The van der Waals surface area contributed by atoms with Crippen molar-refractivity contribution >= 4 is 21.4 Å². The quantitative estimate of drug-likeness (QED) is 0.870. The van der Waals surface area contributed by atoms with E-state index in [-0.39, 0.29) is 11.3 Å². The lowest BCUT2D eigenvalue weighted by Crippen LogP contribution is -2.36. The molecule has 0 bridgehead atoms. The summed E-state index contributed by atoms with van der Waals surface area (Å²) in [5.41, 5.74) is 0.961. The first kappa shape index (κ1) is 15.9. The van der Waals surface area contributed by atoms with Crippen molar-refractivity contribution in [2.75, 3.05) is 12.8 Å². The molecular formula is C13H23N3O2S2. The Morgan fingerprint density at radius 2 is 2.30 bits per heavy atom. The molecule has 2 rings (SSSR count). The maximum absolute atomic E-state index is 11.8. The maximum Gasteiger partial charge on any atom is 0.150 e. The minimum absolute atomic E-state index is 0.137. The first-order chi connectivity index (χ1) is 9.52. The second kappa shape index (κ2) is 6.95. The molecule has 0 spiro atoms. The molecule has 0 saturated heterocycles. The highest BCUT2D eigenvalue weighted by Gasteiger charge is 2.34. The number of rotatable bonds is 6. The molecule has 7 heteroatoms. The molecule has 0 aliphatic heterocycles. The van der Waals surface area contributed by atoms with Gasteiger partial charge in [0.05, 0.1) is 17.0 Å². The zero-order valence-electron chi connectivity index (χ0n) is 12.1. The molecule has 1 heterocycles. The summed E-state index contributed by atoms with van der Waals surface area (Å²) in [6.45, 7) is 3.05. The molecule has 3 unspecified atom stereocenters. The molecule has 1 N–H and O–H groups in total. The Balaban J connectivity index is 2.12. The van der Waals surface area contributed by atoms with E-state index in [1.807, 2.05) is 5.38 Å². The Kier molecular flexibility index (Phi) is 5.51. The van der Waals surface area contributed by atoms with Crippen LogP contribution in [-0.2, 0) is 9.84 Å². The molecule has 1 saturated carbocycles. The summed E-state index contributed by atoms with van der Waals surface area (Å²) in [5.74, 6) is 0.332. The van der Waals surface area contributed by atoms with Crippen LogP contribution in [0.1, 0.15) is 50.8 Å². The van der Waals surface area contributed by atoms with E-state index in [4.69, 9.17) is 0 Å². The molecule has 3 atom stereocenters. The van der Waals surface area contributed by atoms with Crippen molar-refractivity contribution in [2.24, 2.45) is 5.92 Å². The molecule has 20 heavy (non-hydrogen) atoms. The van der Waals surface area contributed by atoms with Gasteiger partial charge in [0.1, 0.15) is 9.84 Å². The van der Waals surface area contributed by atoms with Gasteiger partial charge in [-0.1, -0.05) is 17.8 Å². The van der Waals surface area contributed by atoms with Crippen LogP contribution in [0.4, 0.5) is 0 Å². The zero-order chi connectivity index (χ0) is 14.6. The second-order valence-corrected chi connectivity index (χ2v) is 8.58. The molecular weight excluding hydrogens is 294 g/mol. The van der Waals surface area contributed by atoms with Gasteiger partial charge < -0.3 is 5.32 Å². The molecule has 0 aromatic carbocycles. The number of hydrogen-bond donors (Lipinski definition) is 1. The van der Waals surface area contributed by atoms with E-state index in [1.54, 1.807) is 0 Å². The molecule has 1 aromatic rings. The Bertz CT molecular complexity index is 502. The minimum atomic E-state index is -2.94. The van der Waals surface area contributed by atoms with Crippen LogP contribution in [0.25, 0.3) is 0 Å². The van der Waals surface area contributed by atoms with Gasteiger partial charge in [-0.05, 0) is 49.7 Å².